The van der Waals surface area contributed by atoms with Crippen LogP contribution in [0.15, 0.2) is 24.3 Å². The molecule has 0 saturated heterocycles. The first-order chi connectivity index (χ1) is 9.17. The normalized spacial score (nSPS) is 12.1. The van der Waals surface area contributed by atoms with Gasteiger partial charge in [0.2, 0.25) is 0 Å². The fourth-order valence-corrected chi connectivity index (χ4v) is 1.61. The average Bonchev–Trinajstić information content (AvgIpc) is 2.42. The Morgan fingerprint density at radius 3 is 2.37 bits per heavy atom. The molecule has 1 unspecified atom stereocenters. The summed E-state index contributed by atoms with van der Waals surface area (Å²) in [4.78, 5) is 11.9. The third kappa shape index (κ3) is 5.75. The summed E-state index contributed by atoms with van der Waals surface area (Å²) in [7, 11) is 0. The van der Waals surface area contributed by atoms with Crippen molar-refractivity contribution >= 4 is 5.97 Å². The van der Waals surface area contributed by atoms with E-state index in [9.17, 15) is 9.90 Å². The largest absolute Gasteiger partial charge is 0.508 e. The quantitative estimate of drug-likeness (QED) is 0.735. The molecule has 0 heterocycles. The predicted octanol–water partition coefficient (Wildman–Crippen LogP) is 2.68. The first kappa shape index (κ1) is 15.5. The van der Waals surface area contributed by atoms with Crippen LogP contribution in [0.2, 0.25) is 0 Å². The fraction of sp³-hybridized carbons (Fsp3) is 0.533. The van der Waals surface area contributed by atoms with Crippen molar-refractivity contribution in [1.29, 1.82) is 0 Å². The standard InChI is InChI=1S/C15H22O4/c1-3-9-18-14(15(17)19-10-4-2)11-12-5-7-13(16)8-6-12/h5-8,14,16H,3-4,9-11H2,1-2H3. The molecule has 0 aliphatic rings. The first-order valence-electron chi connectivity index (χ1n) is 6.73. The van der Waals surface area contributed by atoms with Crippen LogP contribution in [0.25, 0.3) is 0 Å². The molecule has 0 bridgehead atoms. The van der Waals surface area contributed by atoms with Gasteiger partial charge in [-0.1, -0.05) is 26.0 Å². The molecule has 1 aromatic rings. The van der Waals surface area contributed by atoms with Gasteiger partial charge in [-0.15, -0.1) is 0 Å². The second kappa shape index (κ2) is 8.53. The summed E-state index contributed by atoms with van der Waals surface area (Å²) in [5.41, 5.74) is 0.937. The molecule has 0 spiro atoms. The molecule has 0 fully saturated rings. The van der Waals surface area contributed by atoms with E-state index in [1.807, 2.05) is 13.8 Å². The molecule has 0 radical (unpaired) electrons. The van der Waals surface area contributed by atoms with Crippen LogP contribution >= 0.6 is 0 Å². The van der Waals surface area contributed by atoms with E-state index in [0.29, 0.717) is 19.6 Å². The Balaban J connectivity index is 2.62. The Kier molecular flexibility index (Phi) is 6.97. The minimum absolute atomic E-state index is 0.211. The zero-order valence-corrected chi connectivity index (χ0v) is 11.6. The lowest BCUT2D eigenvalue weighted by Gasteiger charge is -2.16. The van der Waals surface area contributed by atoms with Gasteiger partial charge in [-0.05, 0) is 30.5 Å². The molecule has 0 aromatic heterocycles. The highest BCUT2D eigenvalue weighted by molar-refractivity contribution is 5.75. The number of phenols is 1. The Morgan fingerprint density at radius 2 is 1.79 bits per heavy atom. The highest BCUT2D eigenvalue weighted by Crippen LogP contribution is 2.13. The smallest absolute Gasteiger partial charge is 0.335 e. The van der Waals surface area contributed by atoms with Gasteiger partial charge in [-0.3, -0.25) is 0 Å². The zero-order valence-electron chi connectivity index (χ0n) is 11.6. The van der Waals surface area contributed by atoms with Crippen LogP contribution < -0.4 is 0 Å². The van der Waals surface area contributed by atoms with Crippen molar-refractivity contribution in [3.8, 4) is 5.75 Å². The molecule has 4 heteroatoms. The van der Waals surface area contributed by atoms with Crippen LogP contribution in [0, 0.1) is 0 Å². The van der Waals surface area contributed by atoms with Gasteiger partial charge in [0.05, 0.1) is 6.61 Å². The number of phenolic OH excluding ortho intramolecular Hbond substituents is 1. The van der Waals surface area contributed by atoms with E-state index in [4.69, 9.17) is 9.47 Å². The molecule has 0 aliphatic heterocycles. The molecule has 19 heavy (non-hydrogen) atoms. The Bertz CT molecular complexity index is 372. The Labute approximate surface area is 114 Å². The topological polar surface area (TPSA) is 55.8 Å². The molecule has 106 valence electrons. The fourth-order valence-electron chi connectivity index (χ4n) is 1.61. The van der Waals surface area contributed by atoms with Gasteiger partial charge >= 0.3 is 5.97 Å². The van der Waals surface area contributed by atoms with E-state index in [1.54, 1.807) is 24.3 Å². The predicted molar refractivity (Wildman–Crippen MR) is 73.1 cm³/mol. The molecule has 0 saturated carbocycles. The number of carbonyl (C=O) groups excluding carboxylic acids is 1. The highest BCUT2D eigenvalue weighted by Gasteiger charge is 2.20. The molecular formula is C15H22O4. The van der Waals surface area contributed by atoms with Crippen LogP contribution in [0.1, 0.15) is 32.3 Å². The van der Waals surface area contributed by atoms with Crippen LogP contribution in [0.4, 0.5) is 0 Å². The minimum atomic E-state index is -0.573. The van der Waals surface area contributed by atoms with Crippen LogP contribution in [-0.4, -0.2) is 30.4 Å². The van der Waals surface area contributed by atoms with Crippen molar-refractivity contribution in [2.24, 2.45) is 0 Å². The number of carbonyl (C=O) groups is 1. The molecule has 0 amide bonds. The van der Waals surface area contributed by atoms with Gasteiger partial charge in [0.25, 0.3) is 0 Å². The maximum atomic E-state index is 11.9. The molecule has 4 nitrogen and oxygen atoms in total. The zero-order chi connectivity index (χ0) is 14.1. The Hall–Kier alpha value is -1.55. The van der Waals surface area contributed by atoms with Crippen molar-refractivity contribution in [3.05, 3.63) is 29.8 Å². The van der Waals surface area contributed by atoms with Gasteiger partial charge in [0.1, 0.15) is 5.75 Å². The number of benzene rings is 1. The van der Waals surface area contributed by atoms with E-state index < -0.39 is 6.10 Å². The van der Waals surface area contributed by atoms with Crippen molar-refractivity contribution in [2.75, 3.05) is 13.2 Å². The summed E-state index contributed by atoms with van der Waals surface area (Å²) in [6.07, 6.45) is 1.54. The van der Waals surface area contributed by atoms with Crippen molar-refractivity contribution in [3.63, 3.8) is 0 Å². The van der Waals surface area contributed by atoms with Gasteiger partial charge in [-0.25, -0.2) is 4.79 Å². The van der Waals surface area contributed by atoms with Gasteiger partial charge < -0.3 is 14.6 Å². The second-order valence-electron chi connectivity index (χ2n) is 4.40. The molecule has 0 aliphatic carbocycles. The van der Waals surface area contributed by atoms with E-state index in [2.05, 4.69) is 0 Å². The molecular weight excluding hydrogens is 244 g/mol. The maximum Gasteiger partial charge on any atom is 0.335 e. The van der Waals surface area contributed by atoms with Gasteiger partial charge in [0, 0.05) is 13.0 Å². The maximum absolute atomic E-state index is 11.9. The van der Waals surface area contributed by atoms with Crippen LogP contribution in [-0.2, 0) is 20.7 Å². The highest BCUT2D eigenvalue weighted by atomic mass is 16.6. The number of esters is 1. The molecule has 1 atom stereocenters. The second-order valence-corrected chi connectivity index (χ2v) is 4.40. The summed E-state index contributed by atoms with van der Waals surface area (Å²) in [6.45, 7) is 4.90. The summed E-state index contributed by atoms with van der Waals surface area (Å²) >= 11 is 0. The van der Waals surface area contributed by atoms with Crippen molar-refractivity contribution < 1.29 is 19.4 Å². The van der Waals surface area contributed by atoms with Crippen LogP contribution in [0.3, 0.4) is 0 Å². The third-order valence-electron chi connectivity index (χ3n) is 2.59. The lowest BCUT2D eigenvalue weighted by molar-refractivity contribution is -0.157. The number of hydrogen-bond acceptors (Lipinski definition) is 4. The van der Waals surface area contributed by atoms with Crippen molar-refractivity contribution in [2.45, 2.75) is 39.2 Å². The molecule has 1 N–H and O–H groups in total. The average molecular weight is 266 g/mol. The number of hydrogen-bond donors (Lipinski definition) is 1. The lowest BCUT2D eigenvalue weighted by Crippen LogP contribution is -2.29. The van der Waals surface area contributed by atoms with Crippen molar-refractivity contribution in [1.82, 2.24) is 0 Å². The monoisotopic (exact) mass is 266 g/mol. The van der Waals surface area contributed by atoms with E-state index in [0.717, 1.165) is 18.4 Å². The van der Waals surface area contributed by atoms with Gasteiger partial charge in [0.15, 0.2) is 6.10 Å². The molecule has 1 aromatic carbocycles. The Morgan fingerprint density at radius 1 is 1.16 bits per heavy atom. The van der Waals surface area contributed by atoms with Crippen LogP contribution in [0.5, 0.6) is 5.75 Å². The minimum Gasteiger partial charge on any atom is -0.508 e. The third-order valence-corrected chi connectivity index (χ3v) is 2.59. The summed E-state index contributed by atoms with van der Waals surface area (Å²) in [5, 5.41) is 9.23. The summed E-state index contributed by atoms with van der Waals surface area (Å²) in [5.74, 6) is -0.105. The number of aromatic hydroxyl groups is 1. The SMILES string of the molecule is CCCOC(=O)C(Cc1ccc(O)cc1)OCCC. The lowest BCUT2D eigenvalue weighted by atomic mass is 10.1. The summed E-state index contributed by atoms with van der Waals surface area (Å²) in [6, 6.07) is 6.77. The first-order valence-corrected chi connectivity index (χ1v) is 6.73. The molecule has 1 rings (SSSR count). The number of ether oxygens (including phenoxy) is 2. The number of rotatable bonds is 8. The summed E-state index contributed by atoms with van der Waals surface area (Å²) < 4.78 is 10.7. The van der Waals surface area contributed by atoms with E-state index in [1.165, 1.54) is 0 Å². The van der Waals surface area contributed by atoms with E-state index in [-0.39, 0.29) is 11.7 Å². The van der Waals surface area contributed by atoms with E-state index >= 15 is 0 Å². The van der Waals surface area contributed by atoms with Gasteiger partial charge in [-0.2, -0.15) is 0 Å².